The van der Waals surface area contributed by atoms with Crippen LogP contribution in [0.2, 0.25) is 24.7 Å². The second-order valence-corrected chi connectivity index (χ2v) is 13.4. The molecule has 0 unspecified atom stereocenters. The number of rotatable bonds is 3. The van der Waals surface area contributed by atoms with Crippen molar-refractivity contribution < 1.29 is 0 Å². The van der Waals surface area contributed by atoms with E-state index in [1.807, 2.05) is 36.0 Å². The van der Waals surface area contributed by atoms with Gasteiger partial charge in [0, 0.05) is 10.8 Å². The van der Waals surface area contributed by atoms with Crippen LogP contribution in [-0.2, 0) is 0 Å². The summed E-state index contributed by atoms with van der Waals surface area (Å²) in [6.07, 6.45) is 6.89. The van der Waals surface area contributed by atoms with Gasteiger partial charge in [0.2, 0.25) is 0 Å². The fourth-order valence-electron chi connectivity index (χ4n) is 2.55. The van der Waals surface area contributed by atoms with Crippen LogP contribution in [0.15, 0.2) is 29.3 Å². The largest absolute Gasteiger partial charge is 0.233 e. The third-order valence-corrected chi connectivity index (χ3v) is 5.98. The Balaban J connectivity index is 2.11. The van der Waals surface area contributed by atoms with Gasteiger partial charge in [-0.15, -0.1) is 5.54 Å². The van der Waals surface area contributed by atoms with Crippen LogP contribution in [0.4, 0.5) is 5.69 Å². The third-order valence-electron chi connectivity index (χ3n) is 3.76. The van der Waals surface area contributed by atoms with Crippen molar-refractivity contribution in [2.75, 3.05) is 5.75 Å². The molecule has 0 N–H and O–H groups in total. The number of hydrogen-bond donors (Lipinski definition) is 0. The van der Waals surface area contributed by atoms with E-state index in [1.165, 1.54) is 32.1 Å². The third kappa shape index (κ3) is 7.61. The van der Waals surface area contributed by atoms with Gasteiger partial charge < -0.3 is 0 Å². The minimum atomic E-state index is -1.40. The summed E-state index contributed by atoms with van der Waals surface area (Å²) in [6.45, 7) is 6.80. The van der Waals surface area contributed by atoms with E-state index in [0.29, 0.717) is 0 Å². The summed E-state index contributed by atoms with van der Waals surface area (Å²) in [6, 6.07) is 7.71. The highest BCUT2D eigenvalue weighted by Crippen LogP contribution is 2.28. The molecular weight excluding hydrogens is 338 g/mol. The van der Waals surface area contributed by atoms with E-state index in [9.17, 15) is 0 Å². The average Bonchev–Trinajstić information content (AvgIpc) is 2.50. The molecule has 1 nitrogen and oxygen atoms in total. The van der Waals surface area contributed by atoms with Gasteiger partial charge in [-0.05, 0) is 42.9 Å². The van der Waals surface area contributed by atoms with Crippen LogP contribution < -0.4 is 0 Å². The number of halogens is 1. The zero-order valence-electron chi connectivity index (χ0n) is 14.4. The zero-order chi connectivity index (χ0) is 16.7. The number of hydrogen-bond acceptors (Lipinski definition) is 2. The lowest BCUT2D eigenvalue weighted by Crippen LogP contribution is -2.17. The number of benzene rings is 1. The molecule has 0 radical (unpaired) electrons. The van der Waals surface area contributed by atoms with Crippen molar-refractivity contribution >= 4 is 42.2 Å². The van der Waals surface area contributed by atoms with Gasteiger partial charge in [0.25, 0.3) is 0 Å². The quantitative estimate of drug-likeness (QED) is 0.256. The highest BCUT2D eigenvalue weighted by atomic mass is 35.5. The lowest BCUT2D eigenvalue weighted by atomic mass is 9.91. The van der Waals surface area contributed by atoms with Crippen molar-refractivity contribution in [1.82, 2.24) is 0 Å². The maximum Gasteiger partial charge on any atom is 0.146 e. The van der Waals surface area contributed by atoms with Gasteiger partial charge in [-0.2, -0.15) is 0 Å². The molecule has 1 aromatic carbocycles. The van der Waals surface area contributed by atoms with Crippen molar-refractivity contribution in [3.63, 3.8) is 0 Å². The molecule has 4 heteroatoms. The lowest BCUT2D eigenvalue weighted by Gasteiger charge is -2.20. The van der Waals surface area contributed by atoms with Crippen molar-refractivity contribution in [2.45, 2.75) is 51.7 Å². The summed E-state index contributed by atoms with van der Waals surface area (Å²) in [5.74, 6) is 5.31. The second kappa shape index (κ2) is 8.96. The molecule has 0 saturated heterocycles. The van der Waals surface area contributed by atoms with Gasteiger partial charge in [0.15, 0.2) is 0 Å². The molecule has 0 aromatic heterocycles. The maximum absolute atomic E-state index is 6.07. The van der Waals surface area contributed by atoms with E-state index in [2.05, 4.69) is 31.1 Å². The maximum atomic E-state index is 6.07. The first-order valence-corrected chi connectivity index (χ1v) is 13.3. The van der Waals surface area contributed by atoms with Crippen molar-refractivity contribution in [1.29, 1.82) is 0 Å². The smallest absolute Gasteiger partial charge is 0.146 e. The van der Waals surface area contributed by atoms with Crippen molar-refractivity contribution in [2.24, 2.45) is 10.9 Å². The topological polar surface area (TPSA) is 12.4 Å². The van der Waals surface area contributed by atoms with Crippen LogP contribution in [0, 0.1) is 17.4 Å². The van der Waals surface area contributed by atoms with E-state index in [4.69, 9.17) is 16.6 Å². The molecule has 124 valence electrons. The first-order valence-electron chi connectivity index (χ1n) is 8.43. The predicted octanol–water partition coefficient (Wildman–Crippen LogP) is 6.56. The molecule has 0 atom stereocenters. The first kappa shape index (κ1) is 18.6. The van der Waals surface area contributed by atoms with Gasteiger partial charge in [-0.25, -0.2) is 4.99 Å². The fourth-order valence-corrected chi connectivity index (χ4v) is 4.34. The second-order valence-electron chi connectivity index (χ2n) is 7.21. The highest BCUT2D eigenvalue weighted by Gasteiger charge is 2.15. The van der Waals surface area contributed by atoms with Gasteiger partial charge >= 0.3 is 0 Å². The molecule has 1 aliphatic carbocycles. The van der Waals surface area contributed by atoms with Crippen molar-refractivity contribution in [3.8, 4) is 11.5 Å². The van der Waals surface area contributed by atoms with Crippen LogP contribution >= 0.6 is 23.4 Å². The van der Waals surface area contributed by atoms with Crippen LogP contribution in [-0.4, -0.2) is 18.9 Å². The molecule has 2 rings (SSSR count). The summed E-state index contributed by atoms with van der Waals surface area (Å²) in [4.78, 5) is 4.75. The van der Waals surface area contributed by atoms with Gasteiger partial charge in [-0.1, -0.05) is 68.3 Å². The van der Waals surface area contributed by atoms with E-state index >= 15 is 0 Å². The lowest BCUT2D eigenvalue weighted by molar-refractivity contribution is 0.391. The zero-order valence-corrected chi connectivity index (χ0v) is 16.9. The summed E-state index contributed by atoms with van der Waals surface area (Å²) in [5.41, 5.74) is 4.35. The highest BCUT2D eigenvalue weighted by molar-refractivity contribution is 8.14. The van der Waals surface area contributed by atoms with E-state index in [-0.39, 0.29) is 0 Å². The Hall–Kier alpha value is -0.693. The van der Waals surface area contributed by atoms with Gasteiger partial charge in [0.1, 0.15) is 13.1 Å². The standard InChI is InChI=1S/C19H26ClNSSi/c1-23(2,3)13-12-19(21-18-11-7-10-17(20)14-18)22-15-16-8-5-4-6-9-16/h7,10-11,14,16H,4-6,8-9,15H2,1-3H3. The minimum absolute atomic E-state index is 0.723. The predicted molar refractivity (Wildman–Crippen MR) is 109 cm³/mol. The summed E-state index contributed by atoms with van der Waals surface area (Å²) >= 11 is 7.90. The Bertz CT molecular complexity index is 604. The molecule has 1 saturated carbocycles. The fraction of sp³-hybridized carbons (Fsp3) is 0.526. The molecule has 0 heterocycles. The Morgan fingerprint density at radius 3 is 2.65 bits per heavy atom. The normalized spacial score (nSPS) is 16.8. The summed E-state index contributed by atoms with van der Waals surface area (Å²) in [5, 5.41) is 1.67. The first-order chi connectivity index (χ1) is 10.9. The SMILES string of the molecule is C[Si](C)(C)C#CC(=Nc1cccc(Cl)c1)SCC1CCCCC1. The Morgan fingerprint density at radius 2 is 2.00 bits per heavy atom. The summed E-state index contributed by atoms with van der Waals surface area (Å²) < 4.78 is 0. The van der Waals surface area contributed by atoms with E-state index in [1.54, 1.807) is 0 Å². The minimum Gasteiger partial charge on any atom is -0.233 e. The van der Waals surface area contributed by atoms with Crippen molar-refractivity contribution in [3.05, 3.63) is 29.3 Å². The molecule has 1 fully saturated rings. The Kier molecular flexibility index (Phi) is 7.27. The van der Waals surface area contributed by atoms with Gasteiger partial charge in [-0.3, -0.25) is 0 Å². The molecule has 0 amide bonds. The molecular formula is C19H26ClNSSi. The number of nitrogens with zero attached hydrogens (tertiary/aromatic N) is 1. The van der Waals surface area contributed by atoms with E-state index < -0.39 is 8.07 Å². The molecule has 23 heavy (non-hydrogen) atoms. The average molecular weight is 364 g/mol. The monoisotopic (exact) mass is 363 g/mol. The molecule has 1 aliphatic rings. The number of thioether (sulfide) groups is 1. The summed E-state index contributed by atoms with van der Waals surface area (Å²) in [7, 11) is -1.40. The Morgan fingerprint density at radius 1 is 1.26 bits per heavy atom. The number of aliphatic imine (C=N–C) groups is 1. The molecule has 0 spiro atoms. The van der Waals surface area contributed by atoms with Crippen LogP contribution in [0.1, 0.15) is 32.1 Å². The van der Waals surface area contributed by atoms with E-state index in [0.717, 1.165) is 27.4 Å². The molecule has 0 bridgehead atoms. The van der Waals surface area contributed by atoms with Crippen LogP contribution in [0.25, 0.3) is 0 Å². The molecule has 0 aliphatic heterocycles. The molecule has 1 aromatic rings. The van der Waals surface area contributed by atoms with Crippen LogP contribution in [0.5, 0.6) is 0 Å². The Labute approximate surface area is 151 Å². The van der Waals surface area contributed by atoms with Crippen LogP contribution in [0.3, 0.4) is 0 Å². The van der Waals surface area contributed by atoms with Gasteiger partial charge in [0.05, 0.1) is 5.69 Å².